The highest BCUT2D eigenvalue weighted by Gasteiger charge is 2.24. The quantitative estimate of drug-likeness (QED) is 0.787. The van der Waals surface area contributed by atoms with Crippen LogP contribution in [0, 0.1) is 5.82 Å². The van der Waals surface area contributed by atoms with Crippen LogP contribution in [-0.2, 0) is 13.0 Å². The molecule has 0 radical (unpaired) electrons. The van der Waals surface area contributed by atoms with Gasteiger partial charge in [0, 0.05) is 12.2 Å². The summed E-state index contributed by atoms with van der Waals surface area (Å²) in [5.74, 6) is 0.487. The fourth-order valence-electron chi connectivity index (χ4n) is 2.64. The van der Waals surface area contributed by atoms with Crippen LogP contribution in [0.25, 0.3) is 10.3 Å². The fraction of sp³-hybridized carbons (Fsp3) is 0.214. The van der Waals surface area contributed by atoms with Gasteiger partial charge in [0.05, 0.1) is 6.61 Å². The minimum absolute atomic E-state index is 0.109. The van der Waals surface area contributed by atoms with Gasteiger partial charge in [0.15, 0.2) is 5.82 Å². The van der Waals surface area contributed by atoms with E-state index in [-0.39, 0.29) is 12.4 Å². The summed E-state index contributed by atoms with van der Waals surface area (Å²) in [7, 11) is 0. The second-order valence-electron chi connectivity index (χ2n) is 4.79. The summed E-state index contributed by atoms with van der Waals surface area (Å²) in [6.45, 7) is 0.624. The lowest BCUT2D eigenvalue weighted by Gasteiger charge is -2.18. The molecule has 0 unspecified atom stereocenters. The van der Waals surface area contributed by atoms with Gasteiger partial charge in [-0.05, 0) is 30.2 Å². The number of thiazole rings is 1. The van der Waals surface area contributed by atoms with Crippen LogP contribution in [0.15, 0.2) is 24.5 Å². The molecule has 1 aliphatic rings. The van der Waals surface area contributed by atoms with Crippen molar-refractivity contribution in [3.63, 3.8) is 0 Å². The molecule has 4 rings (SSSR count). The second kappa shape index (κ2) is 4.71. The maximum atomic E-state index is 13.3. The zero-order valence-electron chi connectivity index (χ0n) is 11.0. The van der Waals surface area contributed by atoms with Crippen LogP contribution in [0.5, 0.6) is 0 Å². The molecule has 3 aromatic rings. The van der Waals surface area contributed by atoms with Crippen LogP contribution in [0.3, 0.4) is 0 Å². The van der Waals surface area contributed by atoms with Gasteiger partial charge >= 0.3 is 0 Å². The predicted molar refractivity (Wildman–Crippen MR) is 78.2 cm³/mol. The van der Waals surface area contributed by atoms with Crippen molar-refractivity contribution in [1.82, 2.24) is 15.0 Å². The Balaban J connectivity index is 1.87. The van der Waals surface area contributed by atoms with E-state index < -0.39 is 0 Å². The number of nitrogens with zero attached hydrogens (tertiary/aromatic N) is 4. The molecule has 0 spiro atoms. The summed E-state index contributed by atoms with van der Waals surface area (Å²) in [5.41, 5.74) is 2.61. The first-order chi connectivity index (χ1) is 10.3. The van der Waals surface area contributed by atoms with Gasteiger partial charge in [-0.25, -0.2) is 19.3 Å². The molecule has 0 fully saturated rings. The number of anilines is 2. The first kappa shape index (κ1) is 12.6. The molecule has 1 N–H and O–H groups in total. The van der Waals surface area contributed by atoms with Crippen molar-refractivity contribution in [2.75, 3.05) is 11.4 Å². The number of rotatable bonds is 2. The number of benzene rings is 1. The summed E-state index contributed by atoms with van der Waals surface area (Å²) in [6, 6.07) is 4.79. The standard InChI is InChI=1S/C14H11FN4OS/c15-9-1-2-10-8(5-9)3-4-19(10)13-12-14(17-7-16-13)21-11(6-20)18-12/h1-2,5,7,20H,3-4,6H2. The first-order valence-corrected chi connectivity index (χ1v) is 7.35. The molecule has 0 saturated heterocycles. The zero-order chi connectivity index (χ0) is 14.4. The van der Waals surface area contributed by atoms with E-state index in [1.807, 2.05) is 4.90 Å². The smallest absolute Gasteiger partial charge is 0.164 e. The van der Waals surface area contributed by atoms with Crippen molar-refractivity contribution in [3.8, 4) is 0 Å². The Morgan fingerprint density at radius 1 is 1.33 bits per heavy atom. The molecule has 5 nitrogen and oxygen atoms in total. The number of halogens is 1. The number of hydrogen-bond acceptors (Lipinski definition) is 6. The van der Waals surface area contributed by atoms with Gasteiger partial charge in [0.25, 0.3) is 0 Å². The lowest BCUT2D eigenvalue weighted by molar-refractivity contribution is 0.281. The average Bonchev–Trinajstić information content (AvgIpc) is 3.09. The normalized spacial score (nSPS) is 13.9. The third-order valence-corrected chi connectivity index (χ3v) is 4.50. The minimum Gasteiger partial charge on any atom is -0.389 e. The summed E-state index contributed by atoms with van der Waals surface area (Å²) in [4.78, 5) is 15.7. The number of aliphatic hydroxyl groups is 1. The topological polar surface area (TPSA) is 62.1 Å². The summed E-state index contributed by atoms with van der Waals surface area (Å²) in [5, 5.41) is 9.84. The molecule has 0 bridgehead atoms. The van der Waals surface area contributed by atoms with E-state index in [1.165, 1.54) is 23.7 Å². The zero-order valence-corrected chi connectivity index (χ0v) is 11.8. The lowest BCUT2D eigenvalue weighted by atomic mass is 10.2. The van der Waals surface area contributed by atoms with Gasteiger partial charge in [-0.2, -0.15) is 0 Å². The molecule has 106 valence electrons. The van der Waals surface area contributed by atoms with Crippen LogP contribution < -0.4 is 4.90 Å². The highest BCUT2D eigenvalue weighted by Crippen LogP contribution is 2.37. The van der Waals surface area contributed by atoms with Crippen molar-refractivity contribution in [3.05, 3.63) is 40.9 Å². The van der Waals surface area contributed by atoms with Crippen molar-refractivity contribution in [2.45, 2.75) is 13.0 Å². The van der Waals surface area contributed by atoms with Gasteiger partial charge < -0.3 is 10.0 Å². The fourth-order valence-corrected chi connectivity index (χ4v) is 3.40. The molecule has 3 heterocycles. The van der Waals surface area contributed by atoms with Gasteiger partial charge in [-0.1, -0.05) is 11.3 Å². The van der Waals surface area contributed by atoms with Crippen LogP contribution in [0.4, 0.5) is 15.9 Å². The number of aliphatic hydroxyl groups excluding tert-OH is 1. The second-order valence-corrected chi connectivity index (χ2v) is 5.85. The minimum atomic E-state index is -0.223. The molecule has 2 aromatic heterocycles. The number of aromatic nitrogens is 3. The largest absolute Gasteiger partial charge is 0.389 e. The molecule has 0 amide bonds. The van der Waals surface area contributed by atoms with E-state index in [0.717, 1.165) is 29.0 Å². The van der Waals surface area contributed by atoms with E-state index in [2.05, 4.69) is 15.0 Å². The molecular weight excluding hydrogens is 291 g/mol. The van der Waals surface area contributed by atoms with E-state index >= 15 is 0 Å². The Hall–Kier alpha value is -2.12. The third kappa shape index (κ3) is 1.97. The Labute approximate surface area is 123 Å². The predicted octanol–water partition coefficient (Wildman–Crippen LogP) is 2.41. The SMILES string of the molecule is OCc1nc2c(N3CCc4cc(F)ccc43)ncnc2s1. The van der Waals surface area contributed by atoms with Crippen molar-refractivity contribution in [2.24, 2.45) is 0 Å². The van der Waals surface area contributed by atoms with Crippen LogP contribution >= 0.6 is 11.3 Å². The van der Waals surface area contributed by atoms with Crippen LogP contribution in [-0.4, -0.2) is 26.6 Å². The Kier molecular flexibility index (Phi) is 2.83. The van der Waals surface area contributed by atoms with Crippen molar-refractivity contribution >= 4 is 33.2 Å². The van der Waals surface area contributed by atoms with Crippen molar-refractivity contribution in [1.29, 1.82) is 0 Å². The highest BCUT2D eigenvalue weighted by atomic mass is 32.1. The van der Waals surface area contributed by atoms with Gasteiger partial charge in [0.1, 0.15) is 27.5 Å². The molecule has 21 heavy (non-hydrogen) atoms. The van der Waals surface area contributed by atoms with E-state index in [0.29, 0.717) is 16.3 Å². The number of hydrogen-bond donors (Lipinski definition) is 1. The molecule has 0 aliphatic carbocycles. The first-order valence-electron chi connectivity index (χ1n) is 6.53. The maximum absolute atomic E-state index is 13.3. The third-order valence-electron chi connectivity index (χ3n) is 3.55. The average molecular weight is 302 g/mol. The van der Waals surface area contributed by atoms with E-state index in [4.69, 9.17) is 0 Å². The Morgan fingerprint density at radius 2 is 2.24 bits per heavy atom. The summed E-state index contributed by atoms with van der Waals surface area (Å²) >= 11 is 1.36. The Bertz CT molecular complexity index is 835. The van der Waals surface area contributed by atoms with Gasteiger partial charge in [-0.15, -0.1) is 0 Å². The van der Waals surface area contributed by atoms with Gasteiger partial charge in [-0.3, -0.25) is 0 Å². The molecule has 1 aliphatic heterocycles. The van der Waals surface area contributed by atoms with Gasteiger partial charge in [0.2, 0.25) is 0 Å². The molecule has 1 aromatic carbocycles. The molecule has 7 heteroatoms. The maximum Gasteiger partial charge on any atom is 0.164 e. The molecule has 0 saturated carbocycles. The molecular formula is C14H11FN4OS. The van der Waals surface area contributed by atoms with Crippen molar-refractivity contribution < 1.29 is 9.50 Å². The summed E-state index contributed by atoms with van der Waals surface area (Å²) < 4.78 is 13.3. The molecule has 0 atom stereocenters. The summed E-state index contributed by atoms with van der Waals surface area (Å²) in [6.07, 6.45) is 2.27. The monoisotopic (exact) mass is 302 g/mol. The number of fused-ring (bicyclic) bond motifs is 2. The highest BCUT2D eigenvalue weighted by molar-refractivity contribution is 7.18. The lowest BCUT2D eigenvalue weighted by Crippen LogP contribution is -2.15. The Morgan fingerprint density at radius 3 is 3.10 bits per heavy atom. The van der Waals surface area contributed by atoms with E-state index in [9.17, 15) is 9.50 Å². The van der Waals surface area contributed by atoms with Crippen LogP contribution in [0.2, 0.25) is 0 Å². The van der Waals surface area contributed by atoms with E-state index in [1.54, 1.807) is 12.1 Å². The van der Waals surface area contributed by atoms with Crippen LogP contribution in [0.1, 0.15) is 10.6 Å².